The molecule has 0 saturated heterocycles. The fourth-order valence-corrected chi connectivity index (χ4v) is 3.18. The van der Waals surface area contributed by atoms with E-state index in [0.29, 0.717) is 6.61 Å². The second-order valence-corrected chi connectivity index (χ2v) is 6.38. The predicted octanol–water partition coefficient (Wildman–Crippen LogP) is 5.05. The molecule has 2 nitrogen and oxygen atoms in total. The van der Waals surface area contributed by atoms with Crippen molar-refractivity contribution in [3.8, 4) is 5.75 Å². The monoisotopic (exact) mass is 340 g/mol. The van der Waals surface area contributed by atoms with Crippen LogP contribution in [-0.4, -0.2) is 5.11 Å². The van der Waals surface area contributed by atoms with E-state index in [2.05, 4.69) is 0 Å². The van der Waals surface area contributed by atoms with E-state index in [1.165, 1.54) is 23.9 Å². The molecule has 0 aliphatic heterocycles. The summed E-state index contributed by atoms with van der Waals surface area (Å²) in [6.07, 6.45) is 0. The lowest BCUT2D eigenvalue weighted by Gasteiger charge is -2.13. The summed E-state index contributed by atoms with van der Waals surface area (Å²) in [6.45, 7) is 0.437. The molecule has 0 heterocycles. The molecule has 3 aromatic rings. The number of hydrogen-bond donors (Lipinski definition) is 1. The van der Waals surface area contributed by atoms with Crippen molar-refractivity contribution < 1.29 is 14.2 Å². The van der Waals surface area contributed by atoms with Gasteiger partial charge >= 0.3 is 0 Å². The van der Waals surface area contributed by atoms with E-state index in [4.69, 9.17) is 4.74 Å². The van der Waals surface area contributed by atoms with Gasteiger partial charge in [0, 0.05) is 4.90 Å². The lowest BCUT2D eigenvalue weighted by Crippen LogP contribution is -1.97. The molecule has 1 N–H and O–H groups in total. The molecule has 0 aliphatic carbocycles. The molecule has 0 spiro atoms. The van der Waals surface area contributed by atoms with E-state index < -0.39 is 0 Å². The first-order valence-electron chi connectivity index (χ1n) is 7.58. The predicted molar refractivity (Wildman–Crippen MR) is 93.7 cm³/mol. The number of halogens is 1. The molecule has 0 radical (unpaired) electrons. The molecule has 0 aliphatic rings. The minimum absolute atomic E-state index is 0.0318. The van der Waals surface area contributed by atoms with E-state index in [9.17, 15) is 9.50 Å². The first-order chi connectivity index (χ1) is 11.7. The Morgan fingerprint density at radius 2 is 1.62 bits per heavy atom. The molecule has 0 aromatic heterocycles. The smallest absolute Gasteiger partial charge is 0.133 e. The van der Waals surface area contributed by atoms with Crippen molar-refractivity contribution in [1.82, 2.24) is 0 Å². The summed E-state index contributed by atoms with van der Waals surface area (Å²) in [5, 5.41) is 9.36. The number of hydrogen-bond acceptors (Lipinski definition) is 3. The van der Waals surface area contributed by atoms with Crippen LogP contribution in [0.1, 0.15) is 11.1 Å². The maximum absolute atomic E-state index is 13.1. The van der Waals surface area contributed by atoms with Gasteiger partial charge in [0.2, 0.25) is 0 Å². The van der Waals surface area contributed by atoms with Crippen LogP contribution in [0.2, 0.25) is 0 Å². The molecule has 3 aromatic carbocycles. The van der Waals surface area contributed by atoms with Gasteiger partial charge in [-0.3, -0.25) is 0 Å². The van der Waals surface area contributed by atoms with Gasteiger partial charge in [0.15, 0.2) is 0 Å². The fourth-order valence-electron chi connectivity index (χ4n) is 2.21. The van der Waals surface area contributed by atoms with Crippen molar-refractivity contribution in [2.75, 3.05) is 0 Å². The molecule has 3 rings (SSSR count). The van der Waals surface area contributed by atoms with Gasteiger partial charge < -0.3 is 9.84 Å². The van der Waals surface area contributed by atoms with Gasteiger partial charge in [-0.05, 0) is 47.5 Å². The fraction of sp³-hybridized carbons (Fsp3) is 0.100. The van der Waals surface area contributed by atoms with Crippen molar-refractivity contribution in [1.29, 1.82) is 0 Å². The highest BCUT2D eigenvalue weighted by Crippen LogP contribution is 2.36. The third-order valence-electron chi connectivity index (χ3n) is 3.47. The quantitative estimate of drug-likeness (QED) is 0.681. The number of aliphatic hydroxyl groups is 1. The minimum atomic E-state index is -0.260. The van der Waals surface area contributed by atoms with Crippen molar-refractivity contribution >= 4 is 11.8 Å². The van der Waals surface area contributed by atoms with Gasteiger partial charge in [-0.1, -0.05) is 48.2 Å². The first kappa shape index (κ1) is 16.6. The summed E-state index contributed by atoms with van der Waals surface area (Å²) in [5.74, 6) is 0.481. The molecule has 0 bridgehead atoms. The Bertz CT molecular complexity index is 788. The average molecular weight is 340 g/mol. The summed E-state index contributed by atoms with van der Waals surface area (Å²) in [7, 11) is 0. The Labute approximate surface area is 144 Å². The third-order valence-corrected chi connectivity index (χ3v) is 4.52. The van der Waals surface area contributed by atoms with Gasteiger partial charge in [-0.25, -0.2) is 4.39 Å². The molecule has 0 atom stereocenters. The Morgan fingerprint density at radius 3 is 2.33 bits per heavy atom. The number of rotatable bonds is 6. The summed E-state index contributed by atoms with van der Waals surface area (Å²) < 4.78 is 19.0. The van der Waals surface area contributed by atoms with Crippen LogP contribution in [0.4, 0.5) is 4.39 Å². The second kappa shape index (κ2) is 7.99. The molecule has 0 unspecified atom stereocenters. The van der Waals surface area contributed by atoms with Crippen molar-refractivity contribution in [2.24, 2.45) is 0 Å². The van der Waals surface area contributed by atoms with Crippen LogP contribution in [0.5, 0.6) is 5.75 Å². The van der Waals surface area contributed by atoms with Crippen molar-refractivity contribution in [2.45, 2.75) is 23.0 Å². The van der Waals surface area contributed by atoms with Crippen LogP contribution in [0.25, 0.3) is 0 Å². The first-order valence-corrected chi connectivity index (χ1v) is 8.40. The zero-order chi connectivity index (χ0) is 16.8. The van der Waals surface area contributed by atoms with Gasteiger partial charge in [-0.2, -0.15) is 0 Å². The normalized spacial score (nSPS) is 10.6. The zero-order valence-electron chi connectivity index (χ0n) is 13.0. The van der Waals surface area contributed by atoms with E-state index in [1.54, 1.807) is 12.1 Å². The summed E-state index contributed by atoms with van der Waals surface area (Å²) in [6, 6.07) is 21.9. The van der Waals surface area contributed by atoms with Gasteiger partial charge in [0.05, 0.1) is 11.5 Å². The molecule has 0 saturated carbocycles. The highest BCUT2D eigenvalue weighted by Gasteiger charge is 2.08. The Morgan fingerprint density at radius 1 is 0.875 bits per heavy atom. The lowest BCUT2D eigenvalue weighted by molar-refractivity contribution is 0.279. The van der Waals surface area contributed by atoms with Gasteiger partial charge in [-0.15, -0.1) is 0 Å². The number of ether oxygens (including phenoxy) is 1. The van der Waals surface area contributed by atoms with E-state index >= 15 is 0 Å². The van der Waals surface area contributed by atoms with Crippen molar-refractivity contribution in [3.05, 3.63) is 89.7 Å². The van der Waals surface area contributed by atoms with Gasteiger partial charge in [0.25, 0.3) is 0 Å². The molecule has 0 amide bonds. The maximum atomic E-state index is 13.1. The molecule has 24 heavy (non-hydrogen) atoms. The summed E-state index contributed by atoms with van der Waals surface area (Å²) in [4.78, 5) is 1.81. The highest BCUT2D eigenvalue weighted by molar-refractivity contribution is 7.99. The topological polar surface area (TPSA) is 29.5 Å². The lowest BCUT2D eigenvalue weighted by atomic mass is 10.2. The van der Waals surface area contributed by atoms with Crippen LogP contribution in [0.15, 0.2) is 82.6 Å². The van der Waals surface area contributed by atoms with Crippen LogP contribution in [0.3, 0.4) is 0 Å². The molecular weight excluding hydrogens is 323 g/mol. The van der Waals surface area contributed by atoms with Crippen LogP contribution >= 0.6 is 11.8 Å². The Balaban J connectivity index is 1.81. The van der Waals surface area contributed by atoms with Crippen LogP contribution < -0.4 is 4.74 Å². The summed E-state index contributed by atoms with van der Waals surface area (Å²) >= 11 is 1.48. The third kappa shape index (κ3) is 4.37. The Kier molecular flexibility index (Phi) is 5.51. The SMILES string of the molecule is OCc1ccc(OCc2ccccc2)c(Sc2ccc(F)cc2)c1. The minimum Gasteiger partial charge on any atom is -0.488 e. The second-order valence-electron chi connectivity index (χ2n) is 5.27. The highest BCUT2D eigenvalue weighted by atomic mass is 32.2. The standard InChI is InChI=1S/C20H17FO2S/c21-17-7-9-18(10-8-17)24-20-12-16(13-22)6-11-19(20)23-14-15-4-2-1-3-5-15/h1-12,22H,13-14H2. The Hall–Kier alpha value is -2.30. The molecule has 122 valence electrons. The van der Waals surface area contributed by atoms with Gasteiger partial charge in [0.1, 0.15) is 18.2 Å². The maximum Gasteiger partial charge on any atom is 0.133 e. The van der Waals surface area contributed by atoms with E-state index in [1.807, 2.05) is 48.5 Å². The largest absolute Gasteiger partial charge is 0.488 e. The molecular formula is C20H17FO2S. The molecule has 0 fully saturated rings. The van der Waals surface area contributed by atoms with E-state index in [-0.39, 0.29) is 12.4 Å². The summed E-state index contributed by atoms with van der Waals surface area (Å²) in [5.41, 5.74) is 1.90. The average Bonchev–Trinajstić information content (AvgIpc) is 2.63. The zero-order valence-corrected chi connectivity index (χ0v) is 13.8. The number of aliphatic hydroxyl groups excluding tert-OH is 1. The van der Waals surface area contributed by atoms with Crippen LogP contribution in [0, 0.1) is 5.82 Å². The molecule has 4 heteroatoms. The van der Waals surface area contributed by atoms with Crippen molar-refractivity contribution in [3.63, 3.8) is 0 Å². The van der Waals surface area contributed by atoms with E-state index in [0.717, 1.165) is 26.7 Å². The number of benzene rings is 3. The van der Waals surface area contributed by atoms with Crippen LogP contribution in [-0.2, 0) is 13.2 Å².